The summed E-state index contributed by atoms with van der Waals surface area (Å²) in [7, 11) is 1.54. The SMILES string of the molecule is CN(c1ccc(F)cc1)c1nnc(N(C)S(=O)(=O)C2CCCCC2)n1C.Cl. The third-order valence-electron chi connectivity index (χ3n) is 4.98. The van der Waals surface area contributed by atoms with Gasteiger partial charge in [-0.25, -0.2) is 17.1 Å². The Hall–Kier alpha value is -1.87. The maximum atomic E-state index is 13.1. The average molecular weight is 418 g/mol. The van der Waals surface area contributed by atoms with Gasteiger partial charge >= 0.3 is 0 Å². The molecule has 2 aromatic rings. The quantitative estimate of drug-likeness (QED) is 0.746. The van der Waals surface area contributed by atoms with E-state index in [2.05, 4.69) is 10.2 Å². The molecule has 1 fully saturated rings. The van der Waals surface area contributed by atoms with Gasteiger partial charge in [0, 0.05) is 26.8 Å². The molecule has 1 aliphatic rings. The number of anilines is 3. The van der Waals surface area contributed by atoms with Crippen LogP contribution in [0.15, 0.2) is 24.3 Å². The van der Waals surface area contributed by atoms with Gasteiger partial charge in [-0.15, -0.1) is 22.6 Å². The number of sulfonamides is 1. The van der Waals surface area contributed by atoms with Crippen LogP contribution >= 0.6 is 12.4 Å². The lowest BCUT2D eigenvalue weighted by Crippen LogP contribution is -2.38. The smallest absolute Gasteiger partial charge is 0.241 e. The Labute approximate surface area is 165 Å². The van der Waals surface area contributed by atoms with Crippen molar-refractivity contribution in [3.63, 3.8) is 0 Å². The molecule has 1 heterocycles. The van der Waals surface area contributed by atoms with Crippen molar-refractivity contribution < 1.29 is 12.8 Å². The van der Waals surface area contributed by atoms with Crippen molar-refractivity contribution in [2.45, 2.75) is 37.4 Å². The molecule has 1 aromatic carbocycles. The second kappa shape index (κ2) is 8.43. The fourth-order valence-electron chi connectivity index (χ4n) is 3.36. The fourth-order valence-corrected chi connectivity index (χ4v) is 5.12. The minimum atomic E-state index is -3.48. The highest BCUT2D eigenvalue weighted by atomic mass is 35.5. The summed E-state index contributed by atoms with van der Waals surface area (Å²) in [5.74, 6) is 0.413. The van der Waals surface area contributed by atoms with Crippen molar-refractivity contribution >= 4 is 40.0 Å². The lowest BCUT2D eigenvalue weighted by atomic mass is 10.0. The van der Waals surface area contributed by atoms with Crippen molar-refractivity contribution in [3.05, 3.63) is 30.1 Å². The van der Waals surface area contributed by atoms with E-state index in [9.17, 15) is 12.8 Å². The Morgan fingerprint density at radius 3 is 2.19 bits per heavy atom. The zero-order valence-electron chi connectivity index (χ0n) is 15.7. The Balaban J connectivity index is 0.00000261. The van der Waals surface area contributed by atoms with Gasteiger partial charge in [-0.05, 0) is 37.1 Å². The predicted octanol–water partition coefficient (Wildman–Crippen LogP) is 3.24. The first kappa shape index (κ1) is 21.4. The van der Waals surface area contributed by atoms with E-state index >= 15 is 0 Å². The highest BCUT2D eigenvalue weighted by Gasteiger charge is 2.33. The summed E-state index contributed by atoms with van der Waals surface area (Å²) in [6.45, 7) is 0. The highest BCUT2D eigenvalue weighted by Crippen LogP contribution is 2.29. The standard InChI is InChI=1S/C17H24FN5O2S.ClH/c1-21(14-11-9-13(18)10-12-14)16-19-20-17(22(16)2)23(3)26(24,25)15-7-5-4-6-8-15;/h9-12,15H,4-8H2,1-3H3;1H. The van der Waals surface area contributed by atoms with E-state index in [0.29, 0.717) is 18.8 Å². The molecule has 0 unspecified atom stereocenters. The molecule has 0 N–H and O–H groups in total. The molecule has 10 heteroatoms. The average Bonchev–Trinajstić information content (AvgIpc) is 3.03. The number of hydrogen-bond acceptors (Lipinski definition) is 5. The molecule has 27 heavy (non-hydrogen) atoms. The largest absolute Gasteiger partial charge is 0.314 e. The van der Waals surface area contributed by atoms with Gasteiger partial charge in [-0.2, -0.15) is 0 Å². The van der Waals surface area contributed by atoms with Gasteiger partial charge in [-0.3, -0.25) is 4.57 Å². The molecule has 3 rings (SSSR count). The summed E-state index contributed by atoms with van der Waals surface area (Å²) >= 11 is 0. The molecular weight excluding hydrogens is 393 g/mol. The maximum absolute atomic E-state index is 13.1. The normalized spacial score (nSPS) is 15.3. The Morgan fingerprint density at radius 1 is 1.04 bits per heavy atom. The van der Waals surface area contributed by atoms with Gasteiger partial charge in [0.15, 0.2) is 0 Å². The van der Waals surface area contributed by atoms with Crippen LogP contribution in [0.2, 0.25) is 0 Å². The Morgan fingerprint density at radius 2 is 1.59 bits per heavy atom. The van der Waals surface area contributed by atoms with E-state index in [4.69, 9.17) is 0 Å². The van der Waals surface area contributed by atoms with Gasteiger partial charge < -0.3 is 4.90 Å². The molecule has 0 saturated heterocycles. The number of rotatable bonds is 5. The maximum Gasteiger partial charge on any atom is 0.241 e. The molecule has 0 amide bonds. The summed E-state index contributed by atoms with van der Waals surface area (Å²) in [6, 6.07) is 5.99. The van der Waals surface area contributed by atoms with Gasteiger partial charge in [0.2, 0.25) is 21.9 Å². The molecule has 7 nitrogen and oxygen atoms in total. The molecule has 1 aromatic heterocycles. The second-order valence-corrected chi connectivity index (χ2v) is 8.91. The fraction of sp³-hybridized carbons (Fsp3) is 0.529. The van der Waals surface area contributed by atoms with Crippen LogP contribution in [0, 0.1) is 5.82 Å². The third kappa shape index (κ3) is 4.19. The van der Waals surface area contributed by atoms with E-state index in [1.807, 2.05) is 0 Å². The molecule has 0 atom stereocenters. The molecule has 1 aliphatic carbocycles. The zero-order chi connectivity index (χ0) is 18.9. The highest BCUT2D eigenvalue weighted by molar-refractivity contribution is 7.93. The Bertz CT molecular complexity index is 866. The summed E-state index contributed by atoms with van der Waals surface area (Å²) in [5, 5.41) is 7.85. The summed E-state index contributed by atoms with van der Waals surface area (Å²) in [6.07, 6.45) is 4.34. The first-order valence-corrected chi connectivity index (χ1v) is 10.2. The molecule has 150 valence electrons. The van der Waals surface area contributed by atoms with Crippen molar-refractivity contribution in [1.29, 1.82) is 0 Å². The van der Waals surface area contributed by atoms with Crippen LogP contribution in [0.5, 0.6) is 0 Å². The van der Waals surface area contributed by atoms with E-state index in [1.54, 1.807) is 35.7 Å². The van der Waals surface area contributed by atoms with Crippen LogP contribution in [0.4, 0.5) is 22.0 Å². The molecule has 0 bridgehead atoms. The topological polar surface area (TPSA) is 71.3 Å². The molecular formula is C17H25ClFN5O2S. The van der Waals surface area contributed by atoms with Crippen molar-refractivity contribution in [1.82, 2.24) is 14.8 Å². The molecule has 0 spiro atoms. The van der Waals surface area contributed by atoms with Crippen LogP contribution in [0.25, 0.3) is 0 Å². The minimum absolute atomic E-state index is 0. The van der Waals surface area contributed by atoms with E-state index in [1.165, 1.54) is 23.5 Å². The van der Waals surface area contributed by atoms with Gasteiger partial charge in [0.25, 0.3) is 0 Å². The van der Waals surface area contributed by atoms with E-state index in [0.717, 1.165) is 24.9 Å². The lowest BCUT2D eigenvalue weighted by Gasteiger charge is -2.27. The van der Waals surface area contributed by atoms with Crippen LogP contribution < -0.4 is 9.21 Å². The molecule has 1 saturated carbocycles. The predicted molar refractivity (Wildman–Crippen MR) is 107 cm³/mol. The van der Waals surface area contributed by atoms with Crippen LogP contribution in [-0.4, -0.2) is 42.5 Å². The van der Waals surface area contributed by atoms with Gasteiger partial charge in [0.1, 0.15) is 5.82 Å². The van der Waals surface area contributed by atoms with Crippen LogP contribution in [-0.2, 0) is 17.1 Å². The van der Waals surface area contributed by atoms with Crippen molar-refractivity contribution in [3.8, 4) is 0 Å². The number of nitrogens with zero attached hydrogens (tertiary/aromatic N) is 5. The van der Waals surface area contributed by atoms with Gasteiger partial charge in [0.05, 0.1) is 5.25 Å². The number of aromatic nitrogens is 3. The number of halogens is 2. The van der Waals surface area contributed by atoms with Crippen molar-refractivity contribution in [2.24, 2.45) is 7.05 Å². The number of benzene rings is 1. The third-order valence-corrected chi connectivity index (χ3v) is 7.22. The van der Waals surface area contributed by atoms with Crippen molar-refractivity contribution in [2.75, 3.05) is 23.3 Å². The van der Waals surface area contributed by atoms with Crippen LogP contribution in [0.3, 0.4) is 0 Å². The monoisotopic (exact) mass is 417 g/mol. The molecule has 0 radical (unpaired) electrons. The first-order valence-electron chi connectivity index (χ1n) is 8.69. The first-order chi connectivity index (χ1) is 12.3. The lowest BCUT2D eigenvalue weighted by molar-refractivity contribution is 0.482. The molecule has 0 aliphatic heterocycles. The number of hydrogen-bond donors (Lipinski definition) is 0. The van der Waals surface area contributed by atoms with Gasteiger partial charge in [-0.1, -0.05) is 19.3 Å². The summed E-state index contributed by atoms with van der Waals surface area (Å²) in [5.41, 5.74) is 0.728. The second-order valence-electron chi connectivity index (χ2n) is 6.67. The van der Waals surface area contributed by atoms with E-state index < -0.39 is 10.0 Å². The zero-order valence-corrected chi connectivity index (χ0v) is 17.3. The summed E-state index contributed by atoms with van der Waals surface area (Å²) < 4.78 is 41.8. The van der Waals surface area contributed by atoms with Crippen LogP contribution in [0.1, 0.15) is 32.1 Å². The Kier molecular flexibility index (Phi) is 6.69. The minimum Gasteiger partial charge on any atom is -0.314 e. The van der Waals surface area contributed by atoms with E-state index in [-0.39, 0.29) is 29.4 Å². The summed E-state index contributed by atoms with van der Waals surface area (Å²) in [4.78, 5) is 1.73.